The van der Waals surface area contributed by atoms with Gasteiger partial charge in [0.1, 0.15) is 11.5 Å². The number of aliphatic hydroxyl groups excluding tert-OH is 1. The van der Waals surface area contributed by atoms with Crippen molar-refractivity contribution < 1.29 is 29.3 Å². The van der Waals surface area contributed by atoms with Gasteiger partial charge in [-0.05, 0) is 19.1 Å². The first-order valence-electron chi connectivity index (χ1n) is 6.09. The number of hydrogen-bond donors (Lipinski definition) is 4. The van der Waals surface area contributed by atoms with Crippen molar-refractivity contribution in [3.63, 3.8) is 0 Å². The highest BCUT2D eigenvalue weighted by Crippen LogP contribution is 2.28. The van der Waals surface area contributed by atoms with E-state index in [-0.39, 0.29) is 0 Å². The van der Waals surface area contributed by atoms with Crippen molar-refractivity contribution in [2.75, 3.05) is 19.5 Å². The average molecular weight is 298 g/mol. The SMILES string of the molecule is COc1ccc(OC)c(NC(=O)N[C@H](C(=O)O)[C@@H](C)O)c1. The lowest BCUT2D eigenvalue weighted by Crippen LogP contribution is -2.49. The average Bonchev–Trinajstić information content (AvgIpc) is 2.43. The minimum atomic E-state index is -1.42. The van der Waals surface area contributed by atoms with Crippen molar-refractivity contribution in [1.82, 2.24) is 5.32 Å². The van der Waals surface area contributed by atoms with Gasteiger partial charge in [-0.15, -0.1) is 0 Å². The van der Waals surface area contributed by atoms with E-state index in [4.69, 9.17) is 14.6 Å². The van der Waals surface area contributed by atoms with Crippen LogP contribution in [-0.2, 0) is 4.79 Å². The summed E-state index contributed by atoms with van der Waals surface area (Å²) in [6, 6.07) is 2.57. The van der Waals surface area contributed by atoms with Crippen molar-refractivity contribution >= 4 is 17.7 Å². The fourth-order valence-corrected chi connectivity index (χ4v) is 1.60. The molecule has 21 heavy (non-hydrogen) atoms. The van der Waals surface area contributed by atoms with E-state index >= 15 is 0 Å². The second-order valence-corrected chi connectivity index (χ2v) is 4.22. The Morgan fingerprint density at radius 3 is 2.38 bits per heavy atom. The third kappa shape index (κ3) is 4.53. The number of urea groups is 1. The number of benzene rings is 1. The van der Waals surface area contributed by atoms with Crippen LogP contribution in [0.15, 0.2) is 18.2 Å². The van der Waals surface area contributed by atoms with Crippen LogP contribution in [0.25, 0.3) is 0 Å². The fraction of sp³-hybridized carbons (Fsp3) is 0.385. The number of carboxylic acid groups (broad SMARTS) is 1. The summed E-state index contributed by atoms with van der Waals surface area (Å²) in [5.74, 6) is -0.455. The van der Waals surface area contributed by atoms with Crippen LogP contribution in [0.2, 0.25) is 0 Å². The highest BCUT2D eigenvalue weighted by atomic mass is 16.5. The van der Waals surface area contributed by atoms with Crippen molar-refractivity contribution in [2.45, 2.75) is 19.1 Å². The quantitative estimate of drug-likeness (QED) is 0.613. The summed E-state index contributed by atoms with van der Waals surface area (Å²) in [6.45, 7) is 1.27. The molecule has 0 saturated carbocycles. The number of aliphatic carboxylic acids is 1. The van der Waals surface area contributed by atoms with Crippen LogP contribution in [0, 0.1) is 0 Å². The van der Waals surface area contributed by atoms with Crippen LogP contribution in [0.4, 0.5) is 10.5 Å². The molecule has 0 fully saturated rings. The van der Waals surface area contributed by atoms with Gasteiger partial charge in [-0.2, -0.15) is 0 Å². The van der Waals surface area contributed by atoms with Crippen molar-refractivity contribution in [1.29, 1.82) is 0 Å². The van der Waals surface area contributed by atoms with Gasteiger partial charge < -0.3 is 30.3 Å². The third-order valence-electron chi connectivity index (χ3n) is 2.69. The van der Waals surface area contributed by atoms with Gasteiger partial charge in [-0.1, -0.05) is 0 Å². The van der Waals surface area contributed by atoms with Crippen LogP contribution < -0.4 is 20.1 Å². The van der Waals surface area contributed by atoms with Gasteiger partial charge in [0.25, 0.3) is 0 Å². The summed E-state index contributed by atoms with van der Waals surface area (Å²) in [4.78, 5) is 22.7. The van der Waals surface area contributed by atoms with Crippen LogP contribution in [0.5, 0.6) is 11.5 Å². The first-order valence-corrected chi connectivity index (χ1v) is 6.09. The maximum Gasteiger partial charge on any atom is 0.328 e. The summed E-state index contributed by atoms with van der Waals surface area (Å²) in [5, 5.41) is 22.8. The van der Waals surface area contributed by atoms with Gasteiger partial charge >= 0.3 is 12.0 Å². The van der Waals surface area contributed by atoms with Crippen LogP contribution in [0.3, 0.4) is 0 Å². The van der Waals surface area contributed by atoms with Crippen LogP contribution >= 0.6 is 0 Å². The van der Waals surface area contributed by atoms with Crippen LogP contribution in [0.1, 0.15) is 6.92 Å². The number of carboxylic acids is 1. The maximum atomic E-state index is 11.8. The lowest BCUT2D eigenvalue weighted by atomic mass is 10.2. The molecule has 8 nitrogen and oxygen atoms in total. The number of ether oxygens (including phenoxy) is 2. The molecular weight excluding hydrogens is 280 g/mol. The summed E-state index contributed by atoms with van der Waals surface area (Å²) >= 11 is 0. The molecule has 2 amide bonds. The Bertz CT molecular complexity index is 517. The molecule has 0 aliphatic heterocycles. The standard InChI is InChI=1S/C13H18N2O6/c1-7(16)11(12(17)18)15-13(19)14-9-6-8(20-2)4-5-10(9)21-3/h4-7,11,16H,1-3H3,(H,17,18)(H2,14,15,19)/t7-,11+/m1/s1. The number of amides is 2. The zero-order valence-corrected chi connectivity index (χ0v) is 11.9. The minimum Gasteiger partial charge on any atom is -0.497 e. The molecule has 1 aromatic carbocycles. The van der Waals surface area contributed by atoms with Gasteiger partial charge in [0.15, 0.2) is 6.04 Å². The first kappa shape index (κ1) is 16.6. The predicted octanol–water partition coefficient (Wildman–Crippen LogP) is 0.659. The molecule has 0 radical (unpaired) electrons. The molecule has 0 unspecified atom stereocenters. The zero-order valence-electron chi connectivity index (χ0n) is 11.9. The molecule has 0 spiro atoms. The number of carbonyl (C=O) groups is 2. The molecule has 0 aliphatic rings. The molecule has 0 saturated heterocycles. The Balaban J connectivity index is 2.85. The largest absolute Gasteiger partial charge is 0.497 e. The highest BCUT2D eigenvalue weighted by molar-refractivity contribution is 5.93. The van der Waals surface area contributed by atoms with Crippen LogP contribution in [-0.4, -0.2) is 48.6 Å². The zero-order chi connectivity index (χ0) is 16.0. The molecule has 1 rings (SSSR count). The lowest BCUT2D eigenvalue weighted by molar-refractivity contribution is -0.141. The fourth-order valence-electron chi connectivity index (χ4n) is 1.60. The molecule has 116 valence electrons. The van der Waals surface area contributed by atoms with E-state index in [0.29, 0.717) is 17.2 Å². The summed E-state index contributed by atoms with van der Waals surface area (Å²) in [5.41, 5.74) is 0.309. The second-order valence-electron chi connectivity index (χ2n) is 4.22. The normalized spacial score (nSPS) is 13.0. The molecular formula is C13H18N2O6. The molecule has 8 heteroatoms. The van der Waals surface area contributed by atoms with Gasteiger partial charge in [0.05, 0.1) is 26.0 Å². The third-order valence-corrected chi connectivity index (χ3v) is 2.69. The van der Waals surface area contributed by atoms with E-state index in [1.807, 2.05) is 0 Å². The minimum absolute atomic E-state index is 0.309. The number of anilines is 1. The van der Waals surface area contributed by atoms with Gasteiger partial charge in [0.2, 0.25) is 0 Å². The van der Waals surface area contributed by atoms with Gasteiger partial charge in [-0.3, -0.25) is 0 Å². The van der Waals surface area contributed by atoms with E-state index in [9.17, 15) is 14.7 Å². The van der Waals surface area contributed by atoms with Crippen molar-refractivity contribution in [3.05, 3.63) is 18.2 Å². The number of nitrogens with one attached hydrogen (secondary N) is 2. The number of rotatable bonds is 6. The molecule has 2 atom stereocenters. The molecule has 4 N–H and O–H groups in total. The smallest absolute Gasteiger partial charge is 0.328 e. The Hall–Kier alpha value is -2.48. The van der Waals surface area contributed by atoms with Gasteiger partial charge in [0, 0.05) is 6.07 Å². The summed E-state index contributed by atoms with van der Waals surface area (Å²) in [7, 11) is 2.90. The summed E-state index contributed by atoms with van der Waals surface area (Å²) in [6.07, 6.45) is -1.24. The monoisotopic (exact) mass is 298 g/mol. The molecule has 1 aromatic rings. The van der Waals surface area contributed by atoms with E-state index < -0.39 is 24.1 Å². The lowest BCUT2D eigenvalue weighted by Gasteiger charge is -2.18. The van der Waals surface area contributed by atoms with E-state index in [1.165, 1.54) is 27.2 Å². The van der Waals surface area contributed by atoms with E-state index in [2.05, 4.69) is 10.6 Å². The number of carbonyl (C=O) groups excluding carboxylic acids is 1. The Kier molecular flexibility index (Phi) is 5.79. The predicted molar refractivity (Wildman–Crippen MR) is 74.8 cm³/mol. The number of methoxy groups -OCH3 is 2. The molecule has 0 heterocycles. The number of aliphatic hydroxyl groups is 1. The second kappa shape index (κ2) is 7.34. The maximum absolute atomic E-state index is 11.8. The molecule has 0 aliphatic carbocycles. The first-order chi connectivity index (χ1) is 9.88. The van der Waals surface area contributed by atoms with E-state index in [0.717, 1.165) is 0 Å². The molecule has 0 aromatic heterocycles. The molecule has 0 bridgehead atoms. The van der Waals surface area contributed by atoms with Crippen molar-refractivity contribution in [3.8, 4) is 11.5 Å². The van der Waals surface area contributed by atoms with E-state index in [1.54, 1.807) is 12.1 Å². The van der Waals surface area contributed by atoms with Crippen molar-refractivity contribution in [2.24, 2.45) is 0 Å². The summed E-state index contributed by atoms with van der Waals surface area (Å²) < 4.78 is 10.1. The number of hydrogen-bond acceptors (Lipinski definition) is 5. The topological polar surface area (TPSA) is 117 Å². The van der Waals surface area contributed by atoms with Gasteiger partial charge in [-0.25, -0.2) is 9.59 Å². The Labute approximate surface area is 121 Å². The highest BCUT2D eigenvalue weighted by Gasteiger charge is 2.25. The Morgan fingerprint density at radius 1 is 1.24 bits per heavy atom. The Morgan fingerprint density at radius 2 is 1.90 bits per heavy atom.